The second-order valence-electron chi connectivity index (χ2n) is 6.59. The molecule has 2 aromatic carbocycles. The number of benzene rings is 2. The molecule has 0 bridgehead atoms. The zero-order valence-corrected chi connectivity index (χ0v) is 17.0. The van der Waals surface area contributed by atoms with E-state index in [1.807, 2.05) is 19.0 Å². The number of hydrogen-bond acceptors (Lipinski definition) is 5. The number of rotatable bonds is 9. The number of amides is 2. The Labute approximate surface area is 169 Å². The maximum atomic E-state index is 13.5. The average molecular weight is 403 g/mol. The molecule has 2 aromatic rings. The van der Waals surface area contributed by atoms with Gasteiger partial charge in [0.1, 0.15) is 5.82 Å². The van der Waals surface area contributed by atoms with Gasteiger partial charge in [0.2, 0.25) is 5.91 Å². The molecule has 0 fully saturated rings. The highest BCUT2D eigenvalue weighted by Crippen LogP contribution is 2.27. The number of likely N-dealkylation sites (N-methyl/N-ethyl adjacent to an activating group) is 1. The van der Waals surface area contributed by atoms with Crippen LogP contribution >= 0.6 is 0 Å². The fourth-order valence-electron chi connectivity index (χ4n) is 2.83. The molecule has 0 spiro atoms. The molecular weight excluding hydrogens is 377 g/mol. The van der Waals surface area contributed by atoms with Gasteiger partial charge in [-0.15, -0.1) is 0 Å². The molecule has 0 aromatic heterocycles. The summed E-state index contributed by atoms with van der Waals surface area (Å²) in [7, 11) is 6.68. The molecule has 8 heteroatoms. The summed E-state index contributed by atoms with van der Waals surface area (Å²) in [6.07, 6.45) is 0. The third kappa shape index (κ3) is 6.18. The molecule has 7 nitrogen and oxygen atoms in total. The second-order valence-corrected chi connectivity index (χ2v) is 6.59. The van der Waals surface area contributed by atoms with Gasteiger partial charge in [-0.25, -0.2) is 4.39 Å². The number of halogens is 1. The van der Waals surface area contributed by atoms with Crippen molar-refractivity contribution in [2.75, 3.05) is 41.4 Å². The Balaban J connectivity index is 1.91. The van der Waals surface area contributed by atoms with Gasteiger partial charge in [-0.2, -0.15) is 0 Å². The fraction of sp³-hybridized carbons (Fsp3) is 0.333. The van der Waals surface area contributed by atoms with Gasteiger partial charge in [0.15, 0.2) is 11.5 Å². The van der Waals surface area contributed by atoms with Crippen LogP contribution in [-0.2, 0) is 4.79 Å². The van der Waals surface area contributed by atoms with E-state index < -0.39 is 5.91 Å². The molecule has 0 aliphatic rings. The maximum absolute atomic E-state index is 13.5. The van der Waals surface area contributed by atoms with Gasteiger partial charge in [0, 0.05) is 12.1 Å². The summed E-state index contributed by atoms with van der Waals surface area (Å²) in [4.78, 5) is 26.3. The molecule has 0 radical (unpaired) electrons. The summed E-state index contributed by atoms with van der Waals surface area (Å²) in [6, 6.07) is 10.8. The standard InChI is InChI=1S/C21H26FN3O4/c1-25(2)17(14-6-5-7-16(22)10-14)12-23-20(26)13-24-21(27)15-8-9-18(28-3)19(11-15)29-4/h5-11,17H,12-13H2,1-4H3,(H,23,26)(H,24,27). The third-order valence-corrected chi connectivity index (χ3v) is 4.40. The van der Waals surface area contributed by atoms with Gasteiger partial charge in [-0.05, 0) is 50.0 Å². The molecule has 156 valence electrons. The highest BCUT2D eigenvalue weighted by molar-refractivity contribution is 5.97. The Morgan fingerprint density at radius 1 is 1.03 bits per heavy atom. The summed E-state index contributed by atoms with van der Waals surface area (Å²) in [5, 5.41) is 5.34. The van der Waals surface area contributed by atoms with Crippen molar-refractivity contribution in [3.63, 3.8) is 0 Å². The van der Waals surface area contributed by atoms with Crippen molar-refractivity contribution < 1.29 is 23.5 Å². The fourth-order valence-corrected chi connectivity index (χ4v) is 2.83. The van der Waals surface area contributed by atoms with E-state index in [4.69, 9.17) is 9.47 Å². The van der Waals surface area contributed by atoms with Crippen molar-refractivity contribution in [2.24, 2.45) is 0 Å². The first-order valence-corrected chi connectivity index (χ1v) is 9.04. The van der Waals surface area contributed by atoms with Crippen molar-refractivity contribution in [1.29, 1.82) is 0 Å². The summed E-state index contributed by atoms with van der Waals surface area (Å²) in [5.74, 6) is -0.150. The predicted molar refractivity (Wildman–Crippen MR) is 108 cm³/mol. The molecule has 2 rings (SSSR count). The molecule has 0 aliphatic carbocycles. The molecule has 1 atom stereocenters. The smallest absolute Gasteiger partial charge is 0.251 e. The van der Waals surface area contributed by atoms with Gasteiger partial charge in [-0.3, -0.25) is 9.59 Å². The van der Waals surface area contributed by atoms with Crippen LogP contribution in [0.5, 0.6) is 11.5 Å². The van der Waals surface area contributed by atoms with E-state index in [1.165, 1.54) is 32.4 Å². The lowest BCUT2D eigenvalue weighted by atomic mass is 10.1. The van der Waals surface area contributed by atoms with Crippen molar-refractivity contribution in [3.8, 4) is 11.5 Å². The lowest BCUT2D eigenvalue weighted by Gasteiger charge is -2.25. The number of methoxy groups -OCH3 is 2. The lowest BCUT2D eigenvalue weighted by Crippen LogP contribution is -2.40. The highest BCUT2D eigenvalue weighted by Gasteiger charge is 2.17. The van der Waals surface area contributed by atoms with Crippen LogP contribution in [0.4, 0.5) is 4.39 Å². The van der Waals surface area contributed by atoms with E-state index in [1.54, 1.807) is 24.3 Å². The van der Waals surface area contributed by atoms with E-state index >= 15 is 0 Å². The minimum atomic E-state index is -0.407. The largest absolute Gasteiger partial charge is 0.493 e. The minimum absolute atomic E-state index is 0.184. The van der Waals surface area contributed by atoms with E-state index in [9.17, 15) is 14.0 Å². The Hall–Kier alpha value is -3.13. The van der Waals surface area contributed by atoms with Crippen molar-refractivity contribution in [3.05, 3.63) is 59.4 Å². The van der Waals surface area contributed by atoms with Gasteiger partial charge in [0.25, 0.3) is 5.91 Å². The Kier molecular flexibility index (Phi) is 7.97. The summed E-state index contributed by atoms with van der Waals surface area (Å²) in [5.41, 5.74) is 1.10. The molecule has 2 N–H and O–H groups in total. The average Bonchev–Trinajstić information content (AvgIpc) is 2.71. The van der Waals surface area contributed by atoms with Gasteiger partial charge in [-0.1, -0.05) is 12.1 Å². The molecule has 0 heterocycles. The minimum Gasteiger partial charge on any atom is -0.493 e. The molecule has 29 heavy (non-hydrogen) atoms. The zero-order chi connectivity index (χ0) is 21.4. The maximum Gasteiger partial charge on any atom is 0.251 e. The highest BCUT2D eigenvalue weighted by atomic mass is 19.1. The first kappa shape index (κ1) is 22.2. The zero-order valence-electron chi connectivity index (χ0n) is 17.0. The molecule has 1 unspecified atom stereocenters. The molecule has 2 amide bonds. The predicted octanol–water partition coefficient (Wildman–Crippen LogP) is 1.99. The van der Waals surface area contributed by atoms with Crippen molar-refractivity contribution in [1.82, 2.24) is 15.5 Å². The van der Waals surface area contributed by atoms with E-state index in [0.29, 0.717) is 17.1 Å². The molecule has 0 saturated heterocycles. The number of nitrogens with one attached hydrogen (secondary N) is 2. The van der Waals surface area contributed by atoms with Crippen LogP contribution in [0.25, 0.3) is 0 Å². The number of carbonyl (C=O) groups is 2. The number of carbonyl (C=O) groups excluding carboxylic acids is 2. The SMILES string of the molecule is COc1ccc(C(=O)NCC(=O)NCC(c2cccc(F)c2)N(C)C)cc1OC. The van der Waals surface area contributed by atoms with E-state index in [-0.39, 0.29) is 30.9 Å². The van der Waals surface area contributed by atoms with Gasteiger partial charge in [0.05, 0.1) is 26.8 Å². The third-order valence-electron chi connectivity index (χ3n) is 4.40. The summed E-state index contributed by atoms with van der Waals surface area (Å²) in [6.45, 7) is 0.0952. The second kappa shape index (κ2) is 10.4. The summed E-state index contributed by atoms with van der Waals surface area (Å²) < 4.78 is 23.8. The van der Waals surface area contributed by atoms with Crippen LogP contribution in [0.15, 0.2) is 42.5 Å². The van der Waals surface area contributed by atoms with Crippen LogP contribution in [0.3, 0.4) is 0 Å². The number of ether oxygens (including phenoxy) is 2. The van der Waals surface area contributed by atoms with E-state index in [0.717, 1.165) is 5.56 Å². The number of hydrogen-bond donors (Lipinski definition) is 2. The molecule has 0 aliphatic heterocycles. The quantitative estimate of drug-likeness (QED) is 0.670. The monoisotopic (exact) mass is 403 g/mol. The summed E-state index contributed by atoms with van der Waals surface area (Å²) >= 11 is 0. The molecular formula is C21H26FN3O4. The van der Waals surface area contributed by atoms with Crippen LogP contribution in [0.1, 0.15) is 22.0 Å². The van der Waals surface area contributed by atoms with Crippen molar-refractivity contribution >= 4 is 11.8 Å². The Morgan fingerprint density at radius 3 is 2.38 bits per heavy atom. The van der Waals surface area contributed by atoms with E-state index in [2.05, 4.69) is 10.6 Å². The van der Waals surface area contributed by atoms with Gasteiger partial charge < -0.3 is 25.0 Å². The Morgan fingerprint density at radius 2 is 1.76 bits per heavy atom. The van der Waals surface area contributed by atoms with Crippen LogP contribution < -0.4 is 20.1 Å². The first-order valence-electron chi connectivity index (χ1n) is 9.04. The van der Waals surface area contributed by atoms with Gasteiger partial charge >= 0.3 is 0 Å². The Bertz CT molecular complexity index is 858. The first-order chi connectivity index (χ1) is 13.8. The normalized spacial score (nSPS) is 11.7. The lowest BCUT2D eigenvalue weighted by molar-refractivity contribution is -0.120. The van der Waals surface area contributed by atoms with Crippen LogP contribution in [0, 0.1) is 5.82 Å². The number of nitrogens with zero attached hydrogens (tertiary/aromatic N) is 1. The topological polar surface area (TPSA) is 79.9 Å². The van der Waals surface area contributed by atoms with Crippen molar-refractivity contribution in [2.45, 2.75) is 6.04 Å². The molecule has 0 saturated carbocycles. The van der Waals surface area contributed by atoms with Crippen LogP contribution in [0.2, 0.25) is 0 Å². The van der Waals surface area contributed by atoms with Crippen LogP contribution in [-0.4, -0.2) is 58.1 Å².